The molecule has 5 heteroatoms. The molecule has 1 aromatic carbocycles. The molecule has 1 aliphatic heterocycles. The quantitative estimate of drug-likeness (QED) is 0.754. The minimum atomic E-state index is -0.869. The lowest BCUT2D eigenvalue weighted by molar-refractivity contribution is 0.0572. The van der Waals surface area contributed by atoms with E-state index in [4.69, 9.17) is 11.6 Å². The zero-order chi connectivity index (χ0) is 11.7. The fourth-order valence-corrected chi connectivity index (χ4v) is 1.96. The summed E-state index contributed by atoms with van der Waals surface area (Å²) in [7, 11) is 0. The summed E-state index contributed by atoms with van der Waals surface area (Å²) in [6, 6.07) is 6.73. The number of hydrogen-bond donors (Lipinski definition) is 2. The molecule has 1 heterocycles. The molecule has 0 bridgehead atoms. The summed E-state index contributed by atoms with van der Waals surface area (Å²) in [5.74, 6) is -0.263. The molecule has 0 radical (unpaired) electrons. The lowest BCUT2D eigenvalue weighted by Crippen LogP contribution is -2.29. The molecule has 2 atom stereocenters. The molecule has 2 N–H and O–H groups in total. The number of β-amino-alcohol motifs (C(OH)–C–C–N with tert-alkyl or cyclic N) is 2. The zero-order valence-corrected chi connectivity index (χ0v) is 9.26. The summed E-state index contributed by atoms with van der Waals surface area (Å²) in [6.45, 7) is 0.288. The van der Waals surface area contributed by atoms with E-state index in [1.165, 1.54) is 4.90 Å². The van der Waals surface area contributed by atoms with E-state index in [0.29, 0.717) is 10.6 Å². The highest BCUT2D eigenvalue weighted by Gasteiger charge is 2.33. The van der Waals surface area contributed by atoms with Crippen LogP contribution < -0.4 is 0 Å². The SMILES string of the molecule is O=C(c1ccccc1Cl)N1C[C@@H](O)[C@@H](O)C1. The van der Waals surface area contributed by atoms with Gasteiger partial charge in [0, 0.05) is 13.1 Å². The van der Waals surface area contributed by atoms with Crippen LogP contribution in [0.1, 0.15) is 10.4 Å². The number of aliphatic hydroxyl groups is 2. The van der Waals surface area contributed by atoms with Crippen molar-refractivity contribution in [3.05, 3.63) is 34.9 Å². The molecule has 1 aromatic rings. The monoisotopic (exact) mass is 241 g/mol. The Bertz CT molecular complexity index is 400. The molecule has 0 saturated carbocycles. The van der Waals surface area contributed by atoms with Crippen LogP contribution in [-0.4, -0.2) is 46.3 Å². The summed E-state index contributed by atoms with van der Waals surface area (Å²) < 4.78 is 0. The average molecular weight is 242 g/mol. The van der Waals surface area contributed by atoms with E-state index in [-0.39, 0.29) is 19.0 Å². The van der Waals surface area contributed by atoms with Crippen LogP contribution in [-0.2, 0) is 0 Å². The number of halogens is 1. The van der Waals surface area contributed by atoms with E-state index in [1.807, 2.05) is 0 Å². The minimum absolute atomic E-state index is 0.144. The number of amides is 1. The van der Waals surface area contributed by atoms with E-state index in [0.717, 1.165) is 0 Å². The average Bonchev–Trinajstić information content (AvgIpc) is 2.59. The molecule has 1 amide bonds. The number of benzene rings is 1. The normalized spacial score (nSPS) is 24.8. The van der Waals surface area contributed by atoms with Gasteiger partial charge in [0.05, 0.1) is 22.8 Å². The fourth-order valence-electron chi connectivity index (χ4n) is 1.74. The number of hydrogen-bond acceptors (Lipinski definition) is 3. The minimum Gasteiger partial charge on any atom is -0.388 e. The summed E-state index contributed by atoms with van der Waals surface area (Å²) in [4.78, 5) is 13.4. The molecular weight excluding hydrogens is 230 g/mol. The van der Waals surface area contributed by atoms with Crippen molar-refractivity contribution in [2.24, 2.45) is 0 Å². The van der Waals surface area contributed by atoms with Crippen LogP contribution in [0.15, 0.2) is 24.3 Å². The van der Waals surface area contributed by atoms with Gasteiger partial charge in [0.25, 0.3) is 5.91 Å². The topological polar surface area (TPSA) is 60.8 Å². The highest BCUT2D eigenvalue weighted by molar-refractivity contribution is 6.33. The van der Waals surface area contributed by atoms with Crippen molar-refractivity contribution in [2.75, 3.05) is 13.1 Å². The van der Waals surface area contributed by atoms with Crippen LogP contribution in [0.25, 0.3) is 0 Å². The van der Waals surface area contributed by atoms with E-state index >= 15 is 0 Å². The molecular formula is C11H12ClNO3. The second-order valence-electron chi connectivity index (χ2n) is 3.82. The summed E-state index contributed by atoms with van der Waals surface area (Å²) in [5, 5.41) is 19.1. The Morgan fingerprint density at radius 2 is 1.81 bits per heavy atom. The van der Waals surface area contributed by atoms with E-state index in [9.17, 15) is 15.0 Å². The Morgan fingerprint density at radius 3 is 2.38 bits per heavy atom. The second kappa shape index (κ2) is 4.41. The maximum atomic E-state index is 12.0. The zero-order valence-electron chi connectivity index (χ0n) is 8.51. The van der Waals surface area contributed by atoms with Crippen LogP contribution in [0.5, 0.6) is 0 Å². The maximum absolute atomic E-state index is 12.0. The Hall–Kier alpha value is -1.10. The molecule has 1 saturated heterocycles. The first-order chi connectivity index (χ1) is 7.59. The molecule has 0 aromatic heterocycles. The molecule has 4 nitrogen and oxygen atoms in total. The smallest absolute Gasteiger partial charge is 0.255 e. The van der Waals surface area contributed by atoms with Crippen molar-refractivity contribution in [3.63, 3.8) is 0 Å². The van der Waals surface area contributed by atoms with E-state index in [1.54, 1.807) is 24.3 Å². The van der Waals surface area contributed by atoms with Crippen molar-refractivity contribution < 1.29 is 15.0 Å². The van der Waals surface area contributed by atoms with Gasteiger partial charge in [-0.25, -0.2) is 0 Å². The lowest BCUT2D eigenvalue weighted by atomic mass is 10.2. The Balaban J connectivity index is 2.18. The van der Waals surface area contributed by atoms with Gasteiger partial charge in [-0.3, -0.25) is 4.79 Å². The van der Waals surface area contributed by atoms with Crippen molar-refractivity contribution >= 4 is 17.5 Å². The fraction of sp³-hybridized carbons (Fsp3) is 0.364. The molecule has 1 fully saturated rings. The third-order valence-corrected chi connectivity index (χ3v) is 2.98. The molecule has 86 valence electrons. The highest BCUT2D eigenvalue weighted by Crippen LogP contribution is 2.20. The number of nitrogens with zero attached hydrogens (tertiary/aromatic N) is 1. The molecule has 0 spiro atoms. The Kier molecular flexibility index (Phi) is 3.14. The van der Waals surface area contributed by atoms with Gasteiger partial charge < -0.3 is 15.1 Å². The molecule has 16 heavy (non-hydrogen) atoms. The molecule has 1 aliphatic rings. The third kappa shape index (κ3) is 2.04. The lowest BCUT2D eigenvalue weighted by Gasteiger charge is -2.15. The second-order valence-corrected chi connectivity index (χ2v) is 4.23. The largest absolute Gasteiger partial charge is 0.388 e. The first kappa shape index (κ1) is 11.4. The van der Waals surface area contributed by atoms with Gasteiger partial charge >= 0.3 is 0 Å². The van der Waals surface area contributed by atoms with E-state index in [2.05, 4.69) is 0 Å². The van der Waals surface area contributed by atoms with Gasteiger partial charge in [0.2, 0.25) is 0 Å². The predicted octanol–water partition coefficient (Wildman–Crippen LogP) is 0.518. The van der Waals surface area contributed by atoms with Crippen molar-refractivity contribution in [3.8, 4) is 0 Å². The van der Waals surface area contributed by atoms with Crippen LogP contribution >= 0.6 is 11.6 Å². The Morgan fingerprint density at radius 1 is 1.25 bits per heavy atom. The standard InChI is InChI=1S/C11H12ClNO3/c12-8-4-2-1-3-7(8)11(16)13-5-9(14)10(15)6-13/h1-4,9-10,14-15H,5-6H2/t9-,10+. The van der Waals surface area contributed by atoms with Crippen molar-refractivity contribution in [1.29, 1.82) is 0 Å². The molecule has 0 unspecified atom stereocenters. The van der Waals surface area contributed by atoms with Gasteiger partial charge in [-0.1, -0.05) is 23.7 Å². The third-order valence-electron chi connectivity index (χ3n) is 2.65. The molecule has 2 rings (SSSR count). The van der Waals surface area contributed by atoms with Gasteiger partial charge in [0.1, 0.15) is 0 Å². The number of aliphatic hydroxyl groups excluding tert-OH is 2. The number of carbonyl (C=O) groups is 1. The maximum Gasteiger partial charge on any atom is 0.255 e. The van der Waals surface area contributed by atoms with Crippen LogP contribution in [0.4, 0.5) is 0 Å². The number of carbonyl (C=O) groups excluding carboxylic acids is 1. The van der Waals surface area contributed by atoms with Gasteiger partial charge in [-0.05, 0) is 12.1 Å². The number of rotatable bonds is 1. The molecule has 0 aliphatic carbocycles. The van der Waals surface area contributed by atoms with Gasteiger partial charge in [0.15, 0.2) is 0 Å². The number of likely N-dealkylation sites (tertiary alicyclic amines) is 1. The highest BCUT2D eigenvalue weighted by atomic mass is 35.5. The first-order valence-electron chi connectivity index (χ1n) is 4.99. The van der Waals surface area contributed by atoms with Crippen molar-refractivity contribution in [2.45, 2.75) is 12.2 Å². The summed E-state index contributed by atoms with van der Waals surface area (Å²) >= 11 is 5.90. The van der Waals surface area contributed by atoms with Crippen LogP contribution in [0, 0.1) is 0 Å². The first-order valence-corrected chi connectivity index (χ1v) is 5.37. The van der Waals surface area contributed by atoms with Crippen molar-refractivity contribution in [1.82, 2.24) is 4.90 Å². The van der Waals surface area contributed by atoms with E-state index < -0.39 is 12.2 Å². The summed E-state index contributed by atoms with van der Waals surface area (Å²) in [6.07, 6.45) is -1.74. The summed E-state index contributed by atoms with van der Waals surface area (Å²) in [5.41, 5.74) is 0.394. The van der Waals surface area contributed by atoms with Crippen LogP contribution in [0.3, 0.4) is 0 Å². The Labute approximate surface area is 98.1 Å². The van der Waals surface area contributed by atoms with Gasteiger partial charge in [-0.2, -0.15) is 0 Å². The predicted molar refractivity (Wildman–Crippen MR) is 59.4 cm³/mol. The van der Waals surface area contributed by atoms with Gasteiger partial charge in [-0.15, -0.1) is 0 Å². The van der Waals surface area contributed by atoms with Crippen LogP contribution in [0.2, 0.25) is 5.02 Å².